The van der Waals surface area contributed by atoms with Crippen molar-refractivity contribution in [3.63, 3.8) is 0 Å². The van der Waals surface area contributed by atoms with E-state index >= 15 is 0 Å². The third kappa shape index (κ3) is 6.02. The number of esters is 1. The van der Waals surface area contributed by atoms with Gasteiger partial charge in [0.25, 0.3) is 0 Å². The van der Waals surface area contributed by atoms with Crippen molar-refractivity contribution in [2.24, 2.45) is 5.73 Å². The van der Waals surface area contributed by atoms with Crippen LogP contribution in [0.1, 0.15) is 27.2 Å². The summed E-state index contributed by atoms with van der Waals surface area (Å²) in [5.74, 6) is 0.140. The van der Waals surface area contributed by atoms with E-state index in [1.54, 1.807) is 25.6 Å². The lowest BCUT2D eigenvalue weighted by atomic mass is 10.1. The van der Waals surface area contributed by atoms with Gasteiger partial charge in [0.2, 0.25) is 0 Å². The van der Waals surface area contributed by atoms with Crippen LogP contribution in [-0.4, -0.2) is 40.8 Å². The molecule has 0 heterocycles. The van der Waals surface area contributed by atoms with E-state index in [9.17, 15) is 4.79 Å². The van der Waals surface area contributed by atoms with Gasteiger partial charge in [-0.05, 0) is 20.3 Å². The molecular weight excluding hydrogens is 214 g/mol. The molecule has 0 aromatic carbocycles. The molecule has 0 bridgehead atoms. The zero-order valence-electron chi connectivity index (χ0n) is 9.66. The van der Waals surface area contributed by atoms with E-state index < -0.39 is 5.54 Å². The molecule has 0 spiro atoms. The molecule has 0 aromatic heterocycles. The summed E-state index contributed by atoms with van der Waals surface area (Å²) in [6.45, 7) is 5.94. The SMILES string of the molecule is CCOC(=O)C(C)(N)CSC(C)CCO. The minimum atomic E-state index is -0.940. The maximum atomic E-state index is 11.4. The second kappa shape index (κ2) is 7.09. The fourth-order valence-corrected chi connectivity index (χ4v) is 1.96. The summed E-state index contributed by atoms with van der Waals surface area (Å²) >= 11 is 1.58. The van der Waals surface area contributed by atoms with Crippen LogP contribution < -0.4 is 5.73 Å². The van der Waals surface area contributed by atoms with Crippen molar-refractivity contribution in [3.8, 4) is 0 Å². The molecule has 0 radical (unpaired) electrons. The van der Waals surface area contributed by atoms with E-state index in [0.717, 1.165) is 0 Å². The zero-order valence-corrected chi connectivity index (χ0v) is 10.5. The predicted octanol–water partition coefficient (Wildman–Crippen LogP) is 0.771. The first-order chi connectivity index (χ1) is 6.94. The Morgan fingerprint density at radius 1 is 1.67 bits per heavy atom. The Balaban J connectivity index is 3.97. The summed E-state index contributed by atoms with van der Waals surface area (Å²) in [6, 6.07) is 0. The van der Waals surface area contributed by atoms with Crippen molar-refractivity contribution >= 4 is 17.7 Å². The zero-order chi connectivity index (χ0) is 11.9. The van der Waals surface area contributed by atoms with Gasteiger partial charge in [-0.25, -0.2) is 0 Å². The molecule has 4 nitrogen and oxygen atoms in total. The smallest absolute Gasteiger partial charge is 0.326 e. The Kier molecular flexibility index (Phi) is 6.96. The number of aliphatic hydroxyl groups excluding tert-OH is 1. The molecule has 0 saturated heterocycles. The number of rotatable bonds is 7. The first-order valence-electron chi connectivity index (χ1n) is 5.12. The van der Waals surface area contributed by atoms with Crippen LogP contribution in [0.25, 0.3) is 0 Å². The quantitative estimate of drug-likeness (QED) is 0.638. The molecule has 0 rings (SSSR count). The maximum Gasteiger partial charge on any atom is 0.326 e. The van der Waals surface area contributed by atoms with Crippen LogP contribution in [-0.2, 0) is 9.53 Å². The van der Waals surface area contributed by atoms with Gasteiger partial charge in [0.15, 0.2) is 0 Å². The van der Waals surface area contributed by atoms with Crippen LogP contribution in [0.5, 0.6) is 0 Å². The highest BCUT2D eigenvalue weighted by atomic mass is 32.2. The minimum absolute atomic E-state index is 0.162. The Morgan fingerprint density at radius 3 is 2.73 bits per heavy atom. The molecule has 0 fully saturated rings. The summed E-state index contributed by atoms with van der Waals surface area (Å²) in [7, 11) is 0. The van der Waals surface area contributed by atoms with Gasteiger partial charge in [-0.3, -0.25) is 4.79 Å². The standard InChI is InChI=1S/C10H21NO3S/c1-4-14-9(13)10(3,11)7-15-8(2)5-6-12/h8,12H,4-7,11H2,1-3H3. The summed E-state index contributed by atoms with van der Waals surface area (Å²) in [5, 5.41) is 9.02. The number of aliphatic hydroxyl groups is 1. The maximum absolute atomic E-state index is 11.4. The van der Waals surface area contributed by atoms with Gasteiger partial charge in [-0.2, -0.15) is 11.8 Å². The fraction of sp³-hybridized carbons (Fsp3) is 0.900. The van der Waals surface area contributed by atoms with Gasteiger partial charge in [0.05, 0.1) is 6.61 Å². The molecule has 2 atom stereocenters. The van der Waals surface area contributed by atoms with Gasteiger partial charge in [-0.15, -0.1) is 0 Å². The van der Waals surface area contributed by atoms with Crippen LogP contribution in [0.3, 0.4) is 0 Å². The second-order valence-electron chi connectivity index (χ2n) is 3.77. The Hall–Kier alpha value is -0.260. The fourth-order valence-electron chi connectivity index (χ4n) is 0.935. The van der Waals surface area contributed by atoms with E-state index in [4.69, 9.17) is 15.6 Å². The van der Waals surface area contributed by atoms with Gasteiger partial charge >= 0.3 is 5.97 Å². The number of thioether (sulfide) groups is 1. The molecule has 0 saturated carbocycles. The van der Waals surface area contributed by atoms with Crippen LogP contribution >= 0.6 is 11.8 Å². The lowest BCUT2D eigenvalue weighted by Crippen LogP contribution is -2.48. The number of carbonyl (C=O) groups is 1. The summed E-state index contributed by atoms with van der Waals surface area (Å²) in [6.07, 6.45) is 0.712. The molecule has 15 heavy (non-hydrogen) atoms. The van der Waals surface area contributed by atoms with E-state index in [0.29, 0.717) is 24.0 Å². The lowest BCUT2D eigenvalue weighted by Gasteiger charge is -2.23. The van der Waals surface area contributed by atoms with E-state index in [1.165, 1.54) is 0 Å². The van der Waals surface area contributed by atoms with Crippen LogP contribution in [0.2, 0.25) is 0 Å². The Bertz CT molecular complexity index is 197. The first-order valence-corrected chi connectivity index (χ1v) is 6.17. The number of ether oxygens (including phenoxy) is 1. The average molecular weight is 235 g/mol. The van der Waals surface area contributed by atoms with E-state index in [2.05, 4.69) is 0 Å². The summed E-state index contributed by atoms with van der Waals surface area (Å²) in [5.41, 5.74) is 4.89. The van der Waals surface area contributed by atoms with E-state index in [-0.39, 0.29) is 12.6 Å². The third-order valence-corrected chi connectivity index (χ3v) is 3.52. The van der Waals surface area contributed by atoms with Crippen molar-refractivity contribution < 1.29 is 14.6 Å². The molecule has 0 amide bonds. The monoisotopic (exact) mass is 235 g/mol. The predicted molar refractivity (Wildman–Crippen MR) is 62.8 cm³/mol. The molecule has 0 aliphatic carbocycles. The Morgan fingerprint density at radius 2 is 2.27 bits per heavy atom. The largest absolute Gasteiger partial charge is 0.465 e. The van der Waals surface area contributed by atoms with Crippen LogP contribution in [0.15, 0.2) is 0 Å². The number of hydrogen-bond donors (Lipinski definition) is 2. The topological polar surface area (TPSA) is 72.5 Å². The summed E-state index contributed by atoms with van der Waals surface area (Å²) < 4.78 is 4.87. The minimum Gasteiger partial charge on any atom is -0.465 e. The van der Waals surface area contributed by atoms with E-state index in [1.807, 2.05) is 6.92 Å². The van der Waals surface area contributed by atoms with Gasteiger partial charge in [0, 0.05) is 17.6 Å². The van der Waals surface area contributed by atoms with Crippen molar-refractivity contribution in [2.45, 2.75) is 38.0 Å². The average Bonchev–Trinajstić information content (AvgIpc) is 2.16. The third-order valence-electron chi connectivity index (χ3n) is 1.95. The highest BCUT2D eigenvalue weighted by Gasteiger charge is 2.30. The van der Waals surface area contributed by atoms with Crippen molar-refractivity contribution in [1.29, 1.82) is 0 Å². The molecule has 3 N–H and O–H groups in total. The molecule has 0 aliphatic rings. The lowest BCUT2D eigenvalue weighted by molar-refractivity contribution is -0.148. The number of hydrogen-bond acceptors (Lipinski definition) is 5. The first kappa shape index (κ1) is 14.7. The van der Waals surface area contributed by atoms with Crippen molar-refractivity contribution in [3.05, 3.63) is 0 Å². The van der Waals surface area contributed by atoms with Crippen LogP contribution in [0, 0.1) is 0 Å². The molecule has 2 unspecified atom stereocenters. The Labute approximate surface area is 95.6 Å². The van der Waals surface area contributed by atoms with Crippen molar-refractivity contribution in [2.75, 3.05) is 19.0 Å². The van der Waals surface area contributed by atoms with Gasteiger partial charge < -0.3 is 15.6 Å². The molecule has 5 heteroatoms. The van der Waals surface area contributed by atoms with Crippen molar-refractivity contribution in [1.82, 2.24) is 0 Å². The molecule has 0 aliphatic heterocycles. The van der Waals surface area contributed by atoms with Gasteiger partial charge in [-0.1, -0.05) is 6.92 Å². The highest BCUT2D eigenvalue weighted by molar-refractivity contribution is 8.00. The van der Waals surface area contributed by atoms with Gasteiger partial charge in [0.1, 0.15) is 5.54 Å². The van der Waals surface area contributed by atoms with Crippen LogP contribution in [0.4, 0.5) is 0 Å². The molecular formula is C10H21NO3S. The molecule has 0 aromatic rings. The normalized spacial score (nSPS) is 16.9. The number of carbonyl (C=O) groups excluding carboxylic acids is 1. The second-order valence-corrected chi connectivity index (χ2v) is 5.20. The highest BCUT2D eigenvalue weighted by Crippen LogP contribution is 2.19. The molecule has 90 valence electrons. The number of nitrogens with two attached hydrogens (primary N) is 1. The summed E-state index contributed by atoms with van der Waals surface area (Å²) in [4.78, 5) is 11.4.